The lowest BCUT2D eigenvalue weighted by Crippen LogP contribution is -2.26. The minimum atomic E-state index is 0.368. The zero-order chi connectivity index (χ0) is 14.7. The average molecular weight is 287 g/mol. The van der Waals surface area contributed by atoms with E-state index in [1.54, 1.807) is 7.11 Å². The first kappa shape index (κ1) is 14.5. The van der Waals surface area contributed by atoms with Gasteiger partial charge in [0.1, 0.15) is 5.75 Å². The van der Waals surface area contributed by atoms with Gasteiger partial charge < -0.3 is 14.0 Å². The molecule has 1 aromatic heterocycles. The fourth-order valence-electron chi connectivity index (χ4n) is 3.20. The van der Waals surface area contributed by atoms with Crippen molar-refractivity contribution in [1.29, 1.82) is 0 Å². The second-order valence-electron chi connectivity index (χ2n) is 5.95. The van der Waals surface area contributed by atoms with Crippen molar-refractivity contribution in [2.75, 3.05) is 7.11 Å². The lowest BCUT2D eigenvalue weighted by atomic mass is 10.1. The fraction of sp³-hybridized carbons (Fsp3) is 0.556. The second kappa shape index (κ2) is 6.52. The number of ether oxygens (including phenoxy) is 2. The number of benzene rings is 1. The van der Waals surface area contributed by atoms with Gasteiger partial charge >= 0.3 is 0 Å². The summed E-state index contributed by atoms with van der Waals surface area (Å²) in [7, 11) is 1.71. The van der Waals surface area contributed by atoms with E-state index in [2.05, 4.69) is 29.7 Å². The average Bonchev–Trinajstić information content (AvgIpc) is 2.88. The molecule has 21 heavy (non-hydrogen) atoms. The molecule has 1 aliphatic rings. The maximum atomic E-state index is 6.02. The van der Waals surface area contributed by atoms with Crippen LogP contribution in [-0.4, -0.2) is 17.8 Å². The molecule has 0 saturated heterocycles. The summed E-state index contributed by atoms with van der Waals surface area (Å²) in [5, 5.41) is 1.25. The molecule has 0 bridgehead atoms. The number of nitrogens with zero attached hydrogens (tertiary/aromatic N) is 1. The molecule has 3 heteroatoms. The highest BCUT2D eigenvalue weighted by Crippen LogP contribution is 2.29. The van der Waals surface area contributed by atoms with Gasteiger partial charge in [0.25, 0.3) is 0 Å². The monoisotopic (exact) mass is 287 g/mol. The van der Waals surface area contributed by atoms with Gasteiger partial charge in [-0.15, -0.1) is 0 Å². The summed E-state index contributed by atoms with van der Waals surface area (Å²) in [5.74, 6) is 0.919. The first-order valence-corrected chi connectivity index (χ1v) is 8.09. The predicted molar refractivity (Wildman–Crippen MR) is 85.8 cm³/mol. The van der Waals surface area contributed by atoms with Crippen LogP contribution < -0.4 is 4.74 Å². The van der Waals surface area contributed by atoms with E-state index in [9.17, 15) is 0 Å². The van der Waals surface area contributed by atoms with E-state index >= 15 is 0 Å². The number of hydrogen-bond donors (Lipinski definition) is 0. The molecule has 1 unspecified atom stereocenters. The van der Waals surface area contributed by atoms with E-state index < -0.39 is 0 Å². The molecule has 114 valence electrons. The normalized spacial score (nSPS) is 17.9. The molecule has 1 aromatic carbocycles. The Bertz CT molecular complexity index is 603. The SMILES string of the molecule is CCCCCCC1Cn2c(cc3cc(OC)ccc32)CO1. The fourth-order valence-corrected chi connectivity index (χ4v) is 3.20. The van der Waals surface area contributed by atoms with E-state index in [1.807, 2.05) is 6.07 Å². The third-order valence-electron chi connectivity index (χ3n) is 4.43. The summed E-state index contributed by atoms with van der Waals surface area (Å²) in [4.78, 5) is 0. The summed E-state index contributed by atoms with van der Waals surface area (Å²) in [6.07, 6.45) is 6.78. The first-order valence-electron chi connectivity index (χ1n) is 8.09. The molecule has 0 fully saturated rings. The summed E-state index contributed by atoms with van der Waals surface area (Å²) in [6, 6.07) is 8.54. The number of rotatable bonds is 6. The van der Waals surface area contributed by atoms with Crippen molar-refractivity contribution >= 4 is 10.9 Å². The molecule has 1 aliphatic heterocycles. The molecular weight excluding hydrogens is 262 g/mol. The molecule has 0 saturated carbocycles. The molecule has 0 N–H and O–H groups in total. The number of hydrogen-bond acceptors (Lipinski definition) is 2. The van der Waals surface area contributed by atoms with Gasteiger partial charge in [-0.3, -0.25) is 0 Å². The predicted octanol–water partition coefficient (Wildman–Crippen LogP) is 4.52. The van der Waals surface area contributed by atoms with Gasteiger partial charge in [-0.25, -0.2) is 0 Å². The highest BCUT2D eigenvalue weighted by molar-refractivity contribution is 5.83. The molecular formula is C18H25NO2. The van der Waals surface area contributed by atoms with Gasteiger partial charge in [0.2, 0.25) is 0 Å². The van der Waals surface area contributed by atoms with Crippen molar-refractivity contribution in [2.24, 2.45) is 0 Å². The first-order chi connectivity index (χ1) is 10.3. The maximum Gasteiger partial charge on any atom is 0.119 e. The number of fused-ring (bicyclic) bond motifs is 3. The summed E-state index contributed by atoms with van der Waals surface area (Å²) in [5.41, 5.74) is 2.58. The Morgan fingerprint density at radius 1 is 1.24 bits per heavy atom. The van der Waals surface area contributed by atoms with Crippen LogP contribution in [-0.2, 0) is 17.9 Å². The molecule has 0 aliphatic carbocycles. The summed E-state index contributed by atoms with van der Waals surface area (Å²) in [6.45, 7) is 3.97. The Hall–Kier alpha value is -1.48. The van der Waals surface area contributed by atoms with Crippen LogP contribution in [0.3, 0.4) is 0 Å². The van der Waals surface area contributed by atoms with Crippen LogP contribution in [0.2, 0.25) is 0 Å². The number of aromatic nitrogens is 1. The molecule has 0 radical (unpaired) electrons. The lowest BCUT2D eigenvalue weighted by molar-refractivity contribution is -0.000377. The topological polar surface area (TPSA) is 23.4 Å². The summed E-state index contributed by atoms with van der Waals surface area (Å²) < 4.78 is 13.7. The van der Waals surface area contributed by atoms with E-state index in [0.717, 1.165) is 18.9 Å². The largest absolute Gasteiger partial charge is 0.497 e. The Balaban J connectivity index is 1.72. The van der Waals surface area contributed by atoms with Crippen LogP contribution >= 0.6 is 0 Å². The Morgan fingerprint density at radius 2 is 2.14 bits per heavy atom. The third kappa shape index (κ3) is 3.08. The van der Waals surface area contributed by atoms with Gasteiger partial charge in [0, 0.05) is 23.1 Å². The number of unbranched alkanes of at least 4 members (excludes halogenated alkanes) is 3. The molecule has 2 heterocycles. The van der Waals surface area contributed by atoms with Crippen LogP contribution in [0.4, 0.5) is 0 Å². The van der Waals surface area contributed by atoms with Crippen LogP contribution in [0, 0.1) is 0 Å². The Labute approximate surface area is 126 Å². The van der Waals surface area contributed by atoms with E-state index in [0.29, 0.717) is 6.10 Å². The Kier molecular flexibility index (Phi) is 4.49. The zero-order valence-electron chi connectivity index (χ0n) is 13.1. The van der Waals surface area contributed by atoms with Crippen LogP contribution in [0.1, 0.15) is 44.7 Å². The second-order valence-corrected chi connectivity index (χ2v) is 5.95. The van der Waals surface area contributed by atoms with Gasteiger partial charge in [0.15, 0.2) is 0 Å². The van der Waals surface area contributed by atoms with Gasteiger partial charge in [-0.1, -0.05) is 32.6 Å². The zero-order valence-corrected chi connectivity index (χ0v) is 13.1. The molecule has 0 spiro atoms. The minimum Gasteiger partial charge on any atom is -0.497 e. The van der Waals surface area contributed by atoms with Crippen molar-refractivity contribution in [1.82, 2.24) is 4.57 Å². The van der Waals surface area contributed by atoms with E-state index in [4.69, 9.17) is 9.47 Å². The van der Waals surface area contributed by atoms with Crippen molar-refractivity contribution in [3.63, 3.8) is 0 Å². The van der Waals surface area contributed by atoms with Gasteiger partial charge in [-0.2, -0.15) is 0 Å². The molecule has 3 nitrogen and oxygen atoms in total. The highest BCUT2D eigenvalue weighted by Gasteiger charge is 2.20. The van der Waals surface area contributed by atoms with Crippen LogP contribution in [0.25, 0.3) is 10.9 Å². The van der Waals surface area contributed by atoms with Crippen LogP contribution in [0.15, 0.2) is 24.3 Å². The Morgan fingerprint density at radius 3 is 2.95 bits per heavy atom. The molecule has 3 rings (SSSR count). The van der Waals surface area contributed by atoms with Gasteiger partial charge in [0.05, 0.1) is 19.8 Å². The van der Waals surface area contributed by atoms with Crippen molar-refractivity contribution < 1.29 is 9.47 Å². The molecule has 0 amide bonds. The molecule has 2 aromatic rings. The van der Waals surface area contributed by atoms with Crippen molar-refractivity contribution in [3.8, 4) is 5.75 Å². The van der Waals surface area contributed by atoms with E-state index in [-0.39, 0.29) is 0 Å². The minimum absolute atomic E-state index is 0.368. The quantitative estimate of drug-likeness (QED) is 0.729. The van der Waals surface area contributed by atoms with Gasteiger partial charge in [-0.05, 0) is 30.7 Å². The van der Waals surface area contributed by atoms with Crippen LogP contribution in [0.5, 0.6) is 5.75 Å². The lowest BCUT2D eigenvalue weighted by Gasteiger charge is -2.26. The van der Waals surface area contributed by atoms with Crippen molar-refractivity contribution in [2.45, 2.75) is 58.3 Å². The summed E-state index contributed by atoms with van der Waals surface area (Å²) >= 11 is 0. The standard InChI is InChI=1S/C18H25NO2/c1-3-4-5-6-7-17-12-19-15(13-21-17)10-14-11-16(20-2)8-9-18(14)19/h8-11,17H,3-7,12-13H2,1-2H3. The molecule has 1 atom stereocenters. The van der Waals surface area contributed by atoms with Crippen molar-refractivity contribution in [3.05, 3.63) is 30.0 Å². The highest BCUT2D eigenvalue weighted by atomic mass is 16.5. The smallest absolute Gasteiger partial charge is 0.119 e. The third-order valence-corrected chi connectivity index (χ3v) is 4.43. The maximum absolute atomic E-state index is 6.02. The number of methoxy groups -OCH3 is 1. The van der Waals surface area contributed by atoms with E-state index in [1.165, 1.54) is 48.7 Å².